The zero-order valence-corrected chi connectivity index (χ0v) is 14.4. The molecule has 0 radical (unpaired) electrons. The highest BCUT2D eigenvalue weighted by Crippen LogP contribution is 2.53. The van der Waals surface area contributed by atoms with E-state index < -0.39 is 11.0 Å². The first-order valence-corrected chi connectivity index (χ1v) is 8.44. The Kier molecular flexibility index (Phi) is 3.08. The van der Waals surface area contributed by atoms with Crippen molar-refractivity contribution in [2.45, 2.75) is 32.2 Å². The number of carbonyl (C=O) groups excluding carboxylic acids is 1. The molecule has 1 aromatic rings. The predicted octanol–water partition coefficient (Wildman–Crippen LogP) is 2.51. The third-order valence-electron chi connectivity index (χ3n) is 5.38. The molecule has 0 aromatic heterocycles. The lowest BCUT2D eigenvalue weighted by Gasteiger charge is -2.44. The minimum absolute atomic E-state index is 0.0853. The standard InChI is InChI=1S/C19H23N3O2/c1-18(2)11-24-15-9-8-13(7-6-12-4-5-12)10-14(15)19(18)16(23)22(3)17(20)21-19/h6-10,12H,4-5,11H2,1-3H3,(H2,20,21)/b7-6+. The summed E-state index contributed by atoms with van der Waals surface area (Å²) in [5, 5.41) is 0. The second-order valence-corrected chi connectivity index (χ2v) is 7.67. The third kappa shape index (κ3) is 2.00. The van der Waals surface area contributed by atoms with E-state index in [1.807, 2.05) is 32.0 Å². The molecular weight excluding hydrogens is 302 g/mol. The van der Waals surface area contributed by atoms with Crippen molar-refractivity contribution in [3.05, 3.63) is 35.4 Å². The Bertz CT molecular complexity index is 777. The second kappa shape index (κ2) is 4.85. The second-order valence-electron chi connectivity index (χ2n) is 7.67. The van der Waals surface area contributed by atoms with Crippen molar-refractivity contribution in [3.8, 4) is 5.75 Å². The molecule has 2 N–H and O–H groups in total. The van der Waals surface area contributed by atoms with E-state index in [4.69, 9.17) is 10.5 Å². The van der Waals surface area contributed by atoms with Crippen LogP contribution in [0.2, 0.25) is 0 Å². The number of hydrogen-bond acceptors (Lipinski definition) is 4. The number of rotatable bonds is 2. The fraction of sp³-hybridized carbons (Fsp3) is 0.474. The van der Waals surface area contributed by atoms with Gasteiger partial charge in [0.1, 0.15) is 5.75 Å². The van der Waals surface area contributed by atoms with E-state index in [1.54, 1.807) is 7.05 Å². The number of nitrogens with two attached hydrogens (primary N) is 1. The van der Waals surface area contributed by atoms with E-state index in [9.17, 15) is 4.79 Å². The van der Waals surface area contributed by atoms with E-state index in [0.29, 0.717) is 12.5 Å². The number of hydrogen-bond donors (Lipinski definition) is 1. The molecule has 1 saturated carbocycles. The molecule has 0 bridgehead atoms. The Labute approximate surface area is 142 Å². The van der Waals surface area contributed by atoms with Crippen molar-refractivity contribution in [1.29, 1.82) is 0 Å². The number of benzene rings is 1. The Balaban J connectivity index is 1.88. The molecule has 3 aliphatic rings. The molecule has 2 aliphatic heterocycles. The van der Waals surface area contributed by atoms with Crippen molar-refractivity contribution in [2.24, 2.45) is 22.1 Å². The molecule has 4 rings (SSSR count). The van der Waals surface area contributed by atoms with Crippen LogP contribution in [0.25, 0.3) is 6.08 Å². The van der Waals surface area contributed by atoms with E-state index in [2.05, 4.69) is 17.1 Å². The van der Waals surface area contributed by atoms with Crippen LogP contribution in [0.15, 0.2) is 29.3 Å². The van der Waals surface area contributed by atoms with Gasteiger partial charge < -0.3 is 10.5 Å². The number of allylic oxidation sites excluding steroid dienone is 1. The van der Waals surface area contributed by atoms with Crippen molar-refractivity contribution < 1.29 is 9.53 Å². The average Bonchev–Trinajstić information content (AvgIpc) is 3.34. The van der Waals surface area contributed by atoms with Crippen LogP contribution in [0.3, 0.4) is 0 Å². The Morgan fingerprint density at radius 2 is 2.12 bits per heavy atom. The molecule has 2 heterocycles. The monoisotopic (exact) mass is 325 g/mol. The number of amides is 1. The van der Waals surface area contributed by atoms with Crippen LogP contribution in [0.1, 0.15) is 37.8 Å². The number of nitrogens with zero attached hydrogens (tertiary/aromatic N) is 2. The summed E-state index contributed by atoms with van der Waals surface area (Å²) in [5.41, 5.74) is 6.39. The van der Waals surface area contributed by atoms with Crippen LogP contribution in [0.5, 0.6) is 5.75 Å². The van der Waals surface area contributed by atoms with Crippen LogP contribution >= 0.6 is 0 Å². The molecule has 1 aromatic carbocycles. The van der Waals surface area contributed by atoms with Crippen LogP contribution in [0.4, 0.5) is 0 Å². The minimum Gasteiger partial charge on any atom is -0.493 e. The summed E-state index contributed by atoms with van der Waals surface area (Å²) in [6, 6.07) is 6.00. The van der Waals surface area contributed by atoms with Gasteiger partial charge in [0.05, 0.1) is 6.61 Å². The van der Waals surface area contributed by atoms with Gasteiger partial charge in [0.2, 0.25) is 0 Å². The third-order valence-corrected chi connectivity index (χ3v) is 5.38. The Morgan fingerprint density at radius 3 is 2.75 bits per heavy atom. The summed E-state index contributed by atoms with van der Waals surface area (Å²) in [6.07, 6.45) is 6.91. The molecule has 1 amide bonds. The maximum atomic E-state index is 13.1. The molecule has 24 heavy (non-hydrogen) atoms. The van der Waals surface area contributed by atoms with Crippen molar-refractivity contribution >= 4 is 17.9 Å². The zero-order valence-electron chi connectivity index (χ0n) is 14.4. The van der Waals surface area contributed by atoms with Gasteiger partial charge in [-0.3, -0.25) is 9.69 Å². The van der Waals surface area contributed by atoms with Gasteiger partial charge in [-0.2, -0.15) is 0 Å². The molecule has 1 unspecified atom stereocenters. The summed E-state index contributed by atoms with van der Waals surface area (Å²) >= 11 is 0. The number of ether oxygens (including phenoxy) is 1. The quantitative estimate of drug-likeness (QED) is 0.908. The van der Waals surface area contributed by atoms with Crippen LogP contribution < -0.4 is 10.5 Å². The van der Waals surface area contributed by atoms with Crippen LogP contribution in [-0.4, -0.2) is 30.4 Å². The van der Waals surface area contributed by atoms with Gasteiger partial charge >= 0.3 is 0 Å². The lowest BCUT2D eigenvalue weighted by atomic mass is 9.66. The zero-order chi connectivity index (χ0) is 17.1. The average molecular weight is 325 g/mol. The SMILES string of the molecule is CN1C(=O)C2(N=C1N)c1cc(/C=C/C3CC3)ccc1OCC2(C)C. The Morgan fingerprint density at radius 1 is 1.38 bits per heavy atom. The van der Waals surface area contributed by atoms with Gasteiger partial charge in [0, 0.05) is 18.0 Å². The van der Waals surface area contributed by atoms with E-state index in [0.717, 1.165) is 16.9 Å². The van der Waals surface area contributed by atoms with Crippen molar-refractivity contribution in [2.75, 3.05) is 13.7 Å². The van der Waals surface area contributed by atoms with E-state index in [-0.39, 0.29) is 11.9 Å². The molecule has 5 nitrogen and oxygen atoms in total. The fourth-order valence-corrected chi connectivity index (χ4v) is 3.58. The first-order chi connectivity index (χ1) is 11.3. The highest BCUT2D eigenvalue weighted by atomic mass is 16.5. The van der Waals surface area contributed by atoms with Gasteiger partial charge in [-0.1, -0.05) is 32.1 Å². The number of carbonyl (C=O) groups is 1. The molecule has 126 valence electrons. The smallest absolute Gasteiger partial charge is 0.262 e. The predicted molar refractivity (Wildman–Crippen MR) is 93.5 cm³/mol. The summed E-state index contributed by atoms with van der Waals surface area (Å²) in [6.45, 7) is 4.45. The number of fused-ring (bicyclic) bond motifs is 2. The van der Waals surface area contributed by atoms with Gasteiger partial charge in [0.25, 0.3) is 5.91 Å². The lowest BCUT2D eigenvalue weighted by Crippen LogP contribution is -2.53. The molecule has 1 aliphatic carbocycles. The molecule has 1 atom stereocenters. The summed E-state index contributed by atoms with van der Waals surface area (Å²) < 4.78 is 5.93. The van der Waals surface area contributed by atoms with Crippen molar-refractivity contribution in [1.82, 2.24) is 4.90 Å². The summed E-state index contributed by atoms with van der Waals surface area (Å²) in [4.78, 5) is 19.2. The lowest BCUT2D eigenvalue weighted by molar-refractivity contribution is -0.137. The van der Waals surface area contributed by atoms with E-state index in [1.165, 1.54) is 17.7 Å². The Hall–Kier alpha value is -2.30. The van der Waals surface area contributed by atoms with Gasteiger partial charge in [-0.05, 0) is 36.5 Å². The van der Waals surface area contributed by atoms with Gasteiger partial charge in [0.15, 0.2) is 11.5 Å². The fourth-order valence-electron chi connectivity index (χ4n) is 3.58. The van der Waals surface area contributed by atoms with E-state index >= 15 is 0 Å². The molecule has 0 saturated heterocycles. The first kappa shape index (κ1) is 15.2. The van der Waals surface area contributed by atoms with Gasteiger partial charge in [-0.15, -0.1) is 0 Å². The molecule has 1 spiro atoms. The van der Waals surface area contributed by atoms with Crippen LogP contribution in [0, 0.1) is 11.3 Å². The maximum Gasteiger partial charge on any atom is 0.262 e. The van der Waals surface area contributed by atoms with Crippen molar-refractivity contribution in [3.63, 3.8) is 0 Å². The highest BCUT2D eigenvalue weighted by molar-refractivity contribution is 6.08. The summed E-state index contributed by atoms with van der Waals surface area (Å²) in [5.74, 6) is 1.60. The molecule has 5 heteroatoms. The minimum atomic E-state index is -1.01. The number of likely N-dealkylation sites (N-methyl/N-ethyl adjacent to an activating group) is 1. The largest absolute Gasteiger partial charge is 0.493 e. The van der Waals surface area contributed by atoms with Crippen LogP contribution in [-0.2, 0) is 10.3 Å². The highest BCUT2D eigenvalue weighted by Gasteiger charge is 2.61. The maximum absolute atomic E-state index is 13.1. The van der Waals surface area contributed by atoms with Gasteiger partial charge in [-0.25, -0.2) is 4.99 Å². The summed E-state index contributed by atoms with van der Waals surface area (Å²) in [7, 11) is 1.68. The first-order valence-electron chi connectivity index (χ1n) is 8.44. The molecular formula is C19H23N3O2. The number of aliphatic imine (C=N–C) groups is 1. The topological polar surface area (TPSA) is 67.9 Å². The number of guanidine groups is 1. The normalized spacial score (nSPS) is 28.2. The molecule has 1 fully saturated rings.